The van der Waals surface area contributed by atoms with E-state index in [1.807, 2.05) is 41.0 Å². The minimum Gasteiger partial charge on any atom is -0.377 e. The molecule has 0 bridgehead atoms. The molecule has 0 saturated heterocycles. The van der Waals surface area contributed by atoms with Crippen LogP contribution in [0.4, 0.5) is 5.69 Å². The first-order chi connectivity index (χ1) is 11.2. The van der Waals surface area contributed by atoms with E-state index in [-0.39, 0.29) is 12.5 Å². The topological polar surface area (TPSA) is 56.2 Å². The highest BCUT2D eigenvalue weighted by Crippen LogP contribution is 2.21. The second-order valence-corrected chi connectivity index (χ2v) is 5.47. The number of nitrogens with one attached hydrogen (secondary N) is 1. The number of hydrogen-bond acceptors (Lipinski definition) is 3. The van der Waals surface area contributed by atoms with E-state index in [2.05, 4.69) is 10.3 Å². The van der Waals surface area contributed by atoms with Crippen LogP contribution in [-0.2, 0) is 22.7 Å². The van der Waals surface area contributed by atoms with Gasteiger partial charge in [0.1, 0.15) is 19.0 Å². The summed E-state index contributed by atoms with van der Waals surface area (Å²) in [5.41, 5.74) is 2.33. The van der Waals surface area contributed by atoms with Crippen LogP contribution in [0.5, 0.6) is 0 Å². The average Bonchev–Trinajstić information content (AvgIpc) is 2.88. The Kier molecular flexibility index (Phi) is 4.60. The highest BCUT2D eigenvalue weighted by atomic mass is 35.5. The Morgan fingerprint density at radius 2 is 1.96 bits per heavy atom. The van der Waals surface area contributed by atoms with Crippen LogP contribution in [-0.4, -0.2) is 22.6 Å². The number of amides is 1. The quantitative estimate of drug-likeness (QED) is 0.779. The Morgan fingerprint density at radius 1 is 1.22 bits per heavy atom. The molecule has 0 aliphatic carbocycles. The van der Waals surface area contributed by atoms with Crippen LogP contribution >= 0.6 is 11.6 Å². The van der Waals surface area contributed by atoms with E-state index < -0.39 is 0 Å². The van der Waals surface area contributed by atoms with E-state index in [0.29, 0.717) is 23.1 Å². The number of halogens is 1. The lowest BCUT2D eigenvalue weighted by Gasteiger charge is -2.10. The van der Waals surface area contributed by atoms with Crippen molar-refractivity contribution in [2.75, 3.05) is 12.4 Å². The lowest BCUT2D eigenvalue weighted by Crippen LogP contribution is -2.20. The first-order valence-corrected chi connectivity index (χ1v) is 7.54. The van der Waals surface area contributed by atoms with Gasteiger partial charge in [-0.3, -0.25) is 4.79 Å². The number of imidazole rings is 1. The summed E-state index contributed by atoms with van der Waals surface area (Å²) < 4.78 is 7.03. The third kappa shape index (κ3) is 3.36. The summed E-state index contributed by atoms with van der Waals surface area (Å²) in [6.07, 6.45) is 0. The van der Waals surface area contributed by atoms with Crippen molar-refractivity contribution in [1.82, 2.24) is 9.55 Å². The van der Waals surface area contributed by atoms with Gasteiger partial charge in [-0.1, -0.05) is 35.9 Å². The Balaban J connectivity index is 1.87. The maximum Gasteiger partial charge on any atom is 0.244 e. The molecular formula is C17H16ClN3O2. The molecule has 118 valence electrons. The van der Waals surface area contributed by atoms with Crippen LogP contribution in [0.3, 0.4) is 0 Å². The lowest BCUT2D eigenvalue weighted by molar-refractivity contribution is -0.116. The minimum atomic E-state index is -0.168. The number of aromatic nitrogens is 2. The molecule has 0 fully saturated rings. The molecule has 3 rings (SSSR count). The molecule has 0 atom stereocenters. The average molecular weight is 330 g/mol. The molecule has 0 aliphatic heterocycles. The summed E-state index contributed by atoms with van der Waals surface area (Å²) in [5, 5.41) is 3.33. The van der Waals surface area contributed by atoms with Crippen molar-refractivity contribution in [3.63, 3.8) is 0 Å². The number of benzene rings is 2. The number of anilines is 1. The van der Waals surface area contributed by atoms with Gasteiger partial charge in [-0.05, 0) is 24.3 Å². The van der Waals surface area contributed by atoms with Crippen molar-refractivity contribution >= 4 is 34.2 Å². The molecule has 0 saturated carbocycles. The number of carbonyl (C=O) groups excluding carboxylic acids is 1. The second kappa shape index (κ2) is 6.81. The summed E-state index contributed by atoms with van der Waals surface area (Å²) in [6.45, 7) is 0.485. The second-order valence-electron chi connectivity index (χ2n) is 5.06. The first-order valence-electron chi connectivity index (χ1n) is 7.16. The van der Waals surface area contributed by atoms with E-state index in [4.69, 9.17) is 16.3 Å². The third-order valence-electron chi connectivity index (χ3n) is 3.46. The van der Waals surface area contributed by atoms with Crippen molar-refractivity contribution in [3.8, 4) is 0 Å². The summed E-state index contributed by atoms with van der Waals surface area (Å²) >= 11 is 6.07. The van der Waals surface area contributed by atoms with E-state index >= 15 is 0 Å². The molecule has 3 aromatic rings. The van der Waals surface area contributed by atoms with Gasteiger partial charge in [0.2, 0.25) is 5.91 Å². The zero-order valence-corrected chi connectivity index (χ0v) is 13.4. The van der Waals surface area contributed by atoms with E-state index in [0.717, 1.165) is 11.0 Å². The molecule has 5 nitrogen and oxygen atoms in total. The monoisotopic (exact) mass is 329 g/mol. The van der Waals surface area contributed by atoms with Gasteiger partial charge in [0.15, 0.2) is 0 Å². The fourth-order valence-electron chi connectivity index (χ4n) is 2.44. The maximum atomic E-state index is 12.4. The minimum absolute atomic E-state index is 0.143. The summed E-state index contributed by atoms with van der Waals surface area (Å²) in [7, 11) is 1.60. The lowest BCUT2D eigenvalue weighted by atomic mass is 10.3. The molecular weight excluding hydrogens is 314 g/mol. The van der Waals surface area contributed by atoms with Crippen molar-refractivity contribution in [3.05, 3.63) is 59.4 Å². The first kappa shape index (κ1) is 15.5. The van der Waals surface area contributed by atoms with Crippen molar-refractivity contribution in [2.45, 2.75) is 13.2 Å². The number of nitrogens with zero attached hydrogens (tertiary/aromatic N) is 2. The van der Waals surface area contributed by atoms with Gasteiger partial charge < -0.3 is 14.6 Å². The number of ether oxygens (including phenoxy) is 1. The van der Waals surface area contributed by atoms with Crippen LogP contribution in [0.2, 0.25) is 5.02 Å². The standard InChI is InChI=1S/C17H16ClN3O2/c1-23-11-16-19-14-8-4-5-9-15(14)21(16)10-17(22)20-13-7-3-2-6-12(13)18/h2-9H,10-11H2,1H3,(H,20,22). The number of para-hydroxylation sites is 3. The third-order valence-corrected chi connectivity index (χ3v) is 3.79. The Labute approximate surface area is 138 Å². The van der Waals surface area contributed by atoms with Crippen LogP contribution in [0, 0.1) is 0 Å². The fourth-order valence-corrected chi connectivity index (χ4v) is 2.62. The zero-order chi connectivity index (χ0) is 16.2. The molecule has 6 heteroatoms. The number of rotatable bonds is 5. The zero-order valence-electron chi connectivity index (χ0n) is 12.6. The molecule has 0 aliphatic rings. The predicted octanol–water partition coefficient (Wildman–Crippen LogP) is 3.47. The normalized spacial score (nSPS) is 10.9. The molecule has 2 aromatic carbocycles. The van der Waals surface area contributed by atoms with E-state index in [1.54, 1.807) is 19.2 Å². The van der Waals surface area contributed by atoms with Crippen LogP contribution in [0.15, 0.2) is 48.5 Å². The predicted molar refractivity (Wildman–Crippen MR) is 90.5 cm³/mol. The molecule has 1 N–H and O–H groups in total. The number of hydrogen-bond donors (Lipinski definition) is 1. The summed E-state index contributed by atoms with van der Waals surface area (Å²) in [4.78, 5) is 16.9. The van der Waals surface area contributed by atoms with Crippen molar-refractivity contribution in [1.29, 1.82) is 0 Å². The van der Waals surface area contributed by atoms with Gasteiger partial charge in [-0.15, -0.1) is 0 Å². The Morgan fingerprint density at radius 3 is 2.74 bits per heavy atom. The maximum absolute atomic E-state index is 12.4. The molecule has 1 amide bonds. The Bertz CT molecular complexity index is 845. The van der Waals surface area contributed by atoms with Gasteiger partial charge in [-0.2, -0.15) is 0 Å². The van der Waals surface area contributed by atoms with Crippen LogP contribution in [0.25, 0.3) is 11.0 Å². The van der Waals surface area contributed by atoms with Gasteiger partial charge in [0.05, 0.1) is 21.7 Å². The smallest absolute Gasteiger partial charge is 0.244 e. The van der Waals surface area contributed by atoms with Gasteiger partial charge in [0, 0.05) is 7.11 Å². The van der Waals surface area contributed by atoms with Gasteiger partial charge >= 0.3 is 0 Å². The van der Waals surface area contributed by atoms with Crippen LogP contribution < -0.4 is 5.32 Å². The highest BCUT2D eigenvalue weighted by Gasteiger charge is 2.14. The number of carbonyl (C=O) groups is 1. The fraction of sp³-hybridized carbons (Fsp3) is 0.176. The van der Waals surface area contributed by atoms with Crippen molar-refractivity contribution < 1.29 is 9.53 Å². The molecule has 1 aromatic heterocycles. The number of methoxy groups -OCH3 is 1. The van der Waals surface area contributed by atoms with Crippen molar-refractivity contribution in [2.24, 2.45) is 0 Å². The van der Waals surface area contributed by atoms with Crippen LogP contribution in [0.1, 0.15) is 5.82 Å². The Hall–Kier alpha value is -2.37. The molecule has 0 spiro atoms. The summed E-state index contributed by atoms with van der Waals surface area (Å²) in [5.74, 6) is 0.543. The number of fused-ring (bicyclic) bond motifs is 1. The largest absolute Gasteiger partial charge is 0.377 e. The summed E-state index contributed by atoms with van der Waals surface area (Å²) in [6, 6.07) is 14.8. The van der Waals surface area contributed by atoms with E-state index in [9.17, 15) is 4.79 Å². The van der Waals surface area contributed by atoms with Gasteiger partial charge in [0.25, 0.3) is 0 Å². The molecule has 1 heterocycles. The molecule has 0 unspecified atom stereocenters. The highest BCUT2D eigenvalue weighted by molar-refractivity contribution is 6.33. The molecule has 0 radical (unpaired) electrons. The van der Waals surface area contributed by atoms with E-state index in [1.165, 1.54) is 0 Å². The molecule has 23 heavy (non-hydrogen) atoms. The van der Waals surface area contributed by atoms with Gasteiger partial charge in [-0.25, -0.2) is 4.98 Å². The SMILES string of the molecule is COCc1nc2ccccc2n1CC(=O)Nc1ccccc1Cl.